The molecule has 5 nitrogen and oxygen atoms in total. The van der Waals surface area contributed by atoms with Gasteiger partial charge in [-0.25, -0.2) is 0 Å². The number of hydrogen-bond acceptors (Lipinski definition) is 3. The predicted octanol–water partition coefficient (Wildman–Crippen LogP) is -0.250. The summed E-state index contributed by atoms with van der Waals surface area (Å²) in [6.07, 6.45) is 0.301. The molecule has 86 valence electrons. The van der Waals surface area contributed by atoms with Gasteiger partial charge in [0.15, 0.2) is 0 Å². The Morgan fingerprint density at radius 2 is 2.00 bits per heavy atom. The molecule has 0 aliphatic heterocycles. The van der Waals surface area contributed by atoms with Gasteiger partial charge in [-0.05, 0) is 17.7 Å². The van der Waals surface area contributed by atoms with Crippen LogP contribution in [-0.2, 0) is 11.3 Å². The highest BCUT2D eigenvalue weighted by Crippen LogP contribution is 2.04. The molecule has 1 aromatic rings. The third-order valence-electron chi connectivity index (χ3n) is 2.09. The second kappa shape index (κ2) is 5.87. The van der Waals surface area contributed by atoms with Gasteiger partial charge in [-0.15, -0.1) is 0 Å². The normalized spacial score (nSPS) is 10.0. The molecule has 0 aliphatic carbocycles. The van der Waals surface area contributed by atoms with E-state index >= 15 is 0 Å². The lowest BCUT2D eigenvalue weighted by Gasteiger charge is -2.04. The molecule has 0 radical (unpaired) electrons. The van der Waals surface area contributed by atoms with Crippen molar-refractivity contribution in [3.63, 3.8) is 0 Å². The van der Waals surface area contributed by atoms with Crippen LogP contribution in [0.5, 0.6) is 0 Å². The summed E-state index contributed by atoms with van der Waals surface area (Å²) in [4.78, 5) is 21.4. The molecule has 0 saturated heterocycles. The summed E-state index contributed by atoms with van der Waals surface area (Å²) < 4.78 is 0. The van der Waals surface area contributed by atoms with Crippen molar-refractivity contribution in [2.45, 2.75) is 13.0 Å². The van der Waals surface area contributed by atoms with Crippen LogP contribution in [0.4, 0.5) is 0 Å². The van der Waals surface area contributed by atoms with E-state index in [1.54, 1.807) is 18.2 Å². The van der Waals surface area contributed by atoms with Gasteiger partial charge in [0.05, 0.1) is 0 Å². The molecule has 0 heterocycles. The smallest absolute Gasteiger partial charge is 0.248 e. The first-order valence-electron chi connectivity index (χ1n) is 4.97. The Labute approximate surface area is 93.8 Å². The maximum atomic E-state index is 10.9. The van der Waals surface area contributed by atoms with Crippen molar-refractivity contribution in [2.24, 2.45) is 11.5 Å². The van der Waals surface area contributed by atoms with E-state index in [1.807, 2.05) is 6.07 Å². The highest BCUT2D eigenvalue weighted by Gasteiger charge is 2.01. The Bertz CT molecular complexity index is 391. The number of nitrogens with one attached hydrogen (secondary N) is 1. The maximum absolute atomic E-state index is 10.9. The fourth-order valence-electron chi connectivity index (χ4n) is 1.28. The van der Waals surface area contributed by atoms with Gasteiger partial charge in [0, 0.05) is 25.1 Å². The molecule has 0 fully saturated rings. The third-order valence-corrected chi connectivity index (χ3v) is 2.09. The number of hydrogen-bond donors (Lipinski definition) is 3. The lowest BCUT2D eigenvalue weighted by Crippen LogP contribution is -2.21. The third kappa shape index (κ3) is 4.10. The first kappa shape index (κ1) is 12.2. The lowest BCUT2D eigenvalue weighted by atomic mass is 10.1. The molecule has 0 aromatic heterocycles. The first-order chi connectivity index (χ1) is 7.59. The molecule has 16 heavy (non-hydrogen) atoms. The van der Waals surface area contributed by atoms with Gasteiger partial charge in [-0.2, -0.15) is 0 Å². The monoisotopic (exact) mass is 221 g/mol. The molecule has 0 saturated carbocycles. The molecule has 0 bridgehead atoms. The summed E-state index contributed by atoms with van der Waals surface area (Å²) in [5, 5.41) is 3.05. The van der Waals surface area contributed by atoms with Crippen molar-refractivity contribution in [3.05, 3.63) is 35.4 Å². The molecule has 2 amide bonds. The summed E-state index contributed by atoms with van der Waals surface area (Å²) >= 11 is 0. The average Bonchev–Trinajstić information content (AvgIpc) is 2.24. The van der Waals surface area contributed by atoms with Crippen LogP contribution in [0.2, 0.25) is 0 Å². The molecule has 0 unspecified atom stereocenters. The fraction of sp³-hybridized carbons (Fsp3) is 0.273. The molecule has 0 aliphatic rings. The molecule has 5 N–H and O–H groups in total. The van der Waals surface area contributed by atoms with E-state index in [0.717, 1.165) is 5.56 Å². The molecule has 5 heteroatoms. The lowest BCUT2D eigenvalue weighted by molar-refractivity contribution is -0.117. The average molecular weight is 221 g/mol. The van der Waals surface area contributed by atoms with E-state index in [-0.39, 0.29) is 5.91 Å². The Hall–Kier alpha value is -1.88. The summed E-state index contributed by atoms with van der Waals surface area (Å²) in [6, 6.07) is 7.03. The Balaban J connectivity index is 2.45. The van der Waals surface area contributed by atoms with E-state index in [9.17, 15) is 9.59 Å². The van der Waals surface area contributed by atoms with Crippen LogP contribution in [0.3, 0.4) is 0 Å². The van der Waals surface area contributed by atoms with E-state index in [4.69, 9.17) is 11.5 Å². The van der Waals surface area contributed by atoms with Crippen LogP contribution < -0.4 is 16.8 Å². The van der Waals surface area contributed by atoms with E-state index in [1.165, 1.54) is 0 Å². The summed E-state index contributed by atoms with van der Waals surface area (Å²) in [5.74, 6) is -0.780. The second-order valence-corrected chi connectivity index (χ2v) is 3.46. The van der Waals surface area contributed by atoms with Crippen molar-refractivity contribution in [3.8, 4) is 0 Å². The summed E-state index contributed by atoms with van der Waals surface area (Å²) in [7, 11) is 0. The number of amides is 2. The predicted molar refractivity (Wildman–Crippen MR) is 60.5 cm³/mol. The van der Waals surface area contributed by atoms with Crippen LogP contribution in [0.25, 0.3) is 0 Å². The molecule has 0 spiro atoms. The number of carbonyl (C=O) groups excluding carboxylic acids is 2. The summed E-state index contributed by atoms with van der Waals surface area (Å²) in [5.41, 5.74) is 11.6. The molecular weight excluding hydrogens is 206 g/mol. The molecule has 1 aromatic carbocycles. The fourth-order valence-corrected chi connectivity index (χ4v) is 1.28. The minimum absolute atomic E-state index is 0.301. The number of primary amides is 2. The van der Waals surface area contributed by atoms with Crippen LogP contribution >= 0.6 is 0 Å². The highest BCUT2D eigenvalue weighted by molar-refractivity contribution is 5.92. The van der Waals surface area contributed by atoms with Gasteiger partial charge < -0.3 is 16.8 Å². The quantitative estimate of drug-likeness (QED) is 0.578. The van der Waals surface area contributed by atoms with Crippen molar-refractivity contribution in [1.29, 1.82) is 0 Å². The van der Waals surface area contributed by atoms with Crippen molar-refractivity contribution < 1.29 is 9.59 Å². The SMILES string of the molecule is NC(=O)CCNCc1cccc(C(N)=O)c1. The zero-order valence-electron chi connectivity index (χ0n) is 8.90. The minimum atomic E-state index is -0.445. The van der Waals surface area contributed by atoms with Crippen molar-refractivity contribution >= 4 is 11.8 Å². The zero-order chi connectivity index (χ0) is 12.0. The van der Waals surface area contributed by atoms with Crippen LogP contribution in [0.1, 0.15) is 22.3 Å². The van der Waals surface area contributed by atoms with Crippen LogP contribution in [0, 0.1) is 0 Å². The number of carbonyl (C=O) groups is 2. The van der Waals surface area contributed by atoms with E-state index in [0.29, 0.717) is 25.1 Å². The number of rotatable bonds is 6. The van der Waals surface area contributed by atoms with Crippen LogP contribution in [0.15, 0.2) is 24.3 Å². The van der Waals surface area contributed by atoms with Gasteiger partial charge in [-0.3, -0.25) is 9.59 Å². The topological polar surface area (TPSA) is 98.2 Å². The zero-order valence-corrected chi connectivity index (χ0v) is 8.90. The second-order valence-electron chi connectivity index (χ2n) is 3.46. The van der Waals surface area contributed by atoms with Crippen molar-refractivity contribution in [1.82, 2.24) is 5.32 Å². The molecule has 0 atom stereocenters. The summed E-state index contributed by atoms with van der Waals surface area (Å²) in [6.45, 7) is 1.10. The Kier molecular flexibility index (Phi) is 4.47. The van der Waals surface area contributed by atoms with E-state index in [2.05, 4.69) is 5.32 Å². The molecule has 1 rings (SSSR count). The first-order valence-corrected chi connectivity index (χ1v) is 4.97. The highest BCUT2D eigenvalue weighted by atomic mass is 16.1. The van der Waals surface area contributed by atoms with Gasteiger partial charge in [0.25, 0.3) is 0 Å². The maximum Gasteiger partial charge on any atom is 0.248 e. The van der Waals surface area contributed by atoms with Crippen molar-refractivity contribution in [2.75, 3.05) is 6.54 Å². The largest absolute Gasteiger partial charge is 0.370 e. The standard InChI is InChI=1S/C11H15N3O2/c12-10(15)4-5-14-7-8-2-1-3-9(6-8)11(13)16/h1-3,6,14H,4-5,7H2,(H2,12,15)(H2,13,16). The van der Waals surface area contributed by atoms with Gasteiger partial charge in [0.1, 0.15) is 0 Å². The Morgan fingerprint density at radius 1 is 1.25 bits per heavy atom. The van der Waals surface area contributed by atoms with Gasteiger partial charge in [-0.1, -0.05) is 12.1 Å². The Morgan fingerprint density at radius 3 is 2.62 bits per heavy atom. The van der Waals surface area contributed by atoms with Gasteiger partial charge >= 0.3 is 0 Å². The number of benzene rings is 1. The van der Waals surface area contributed by atoms with Crippen LogP contribution in [-0.4, -0.2) is 18.4 Å². The number of nitrogens with two attached hydrogens (primary N) is 2. The minimum Gasteiger partial charge on any atom is -0.370 e. The molecular formula is C11H15N3O2. The van der Waals surface area contributed by atoms with Gasteiger partial charge in [0.2, 0.25) is 11.8 Å². The van der Waals surface area contributed by atoms with E-state index < -0.39 is 5.91 Å².